The van der Waals surface area contributed by atoms with Gasteiger partial charge in [0.25, 0.3) is 0 Å². The fourth-order valence-electron chi connectivity index (χ4n) is 1.69. The maximum absolute atomic E-state index is 8.49. The van der Waals surface area contributed by atoms with Crippen molar-refractivity contribution in [3.63, 3.8) is 0 Å². The summed E-state index contributed by atoms with van der Waals surface area (Å²) < 4.78 is 6.84. The number of rotatable bonds is 3. The fourth-order valence-corrected chi connectivity index (χ4v) is 4.20. The van der Waals surface area contributed by atoms with Crippen LogP contribution in [0.5, 0.6) is 0 Å². The molecular weight excluding hydrogens is 269 g/mol. The number of hydrogen-bond acceptors (Lipinski definition) is 2. The summed E-state index contributed by atoms with van der Waals surface area (Å²) in [5, 5.41) is 3.74. The molecule has 0 saturated carbocycles. The SMILES string of the molecule is [N-]=[N+]=NC1OCCCC1[Se]c1ccccc1. The van der Waals surface area contributed by atoms with Gasteiger partial charge < -0.3 is 0 Å². The van der Waals surface area contributed by atoms with Gasteiger partial charge in [0.05, 0.1) is 0 Å². The van der Waals surface area contributed by atoms with Gasteiger partial charge in [-0.1, -0.05) is 0 Å². The van der Waals surface area contributed by atoms with Crippen LogP contribution in [0.15, 0.2) is 35.4 Å². The Kier molecular flexibility index (Phi) is 4.25. The molecule has 4 nitrogen and oxygen atoms in total. The second-order valence-corrected chi connectivity index (χ2v) is 6.33. The van der Waals surface area contributed by atoms with E-state index in [2.05, 4.69) is 22.2 Å². The predicted octanol–water partition coefficient (Wildman–Crippen LogP) is 2.25. The third-order valence-electron chi connectivity index (χ3n) is 2.44. The molecule has 2 unspecified atom stereocenters. The summed E-state index contributed by atoms with van der Waals surface area (Å²) >= 11 is 0.320. The molecule has 1 saturated heterocycles. The maximum atomic E-state index is 8.49. The number of ether oxygens (including phenoxy) is 1. The van der Waals surface area contributed by atoms with E-state index in [-0.39, 0.29) is 6.23 Å². The van der Waals surface area contributed by atoms with Crippen molar-refractivity contribution in [1.82, 2.24) is 0 Å². The second-order valence-electron chi connectivity index (χ2n) is 3.58. The zero-order valence-corrected chi connectivity index (χ0v) is 10.5. The van der Waals surface area contributed by atoms with Gasteiger partial charge in [0.2, 0.25) is 0 Å². The Morgan fingerprint density at radius 3 is 2.94 bits per heavy atom. The van der Waals surface area contributed by atoms with Gasteiger partial charge in [-0.15, -0.1) is 0 Å². The normalized spacial score (nSPS) is 24.8. The van der Waals surface area contributed by atoms with Crippen LogP contribution in [0.2, 0.25) is 4.82 Å². The minimum absolute atomic E-state index is 0.265. The average molecular weight is 282 g/mol. The zero-order chi connectivity index (χ0) is 11.2. The topological polar surface area (TPSA) is 58.0 Å². The quantitative estimate of drug-likeness (QED) is 0.363. The van der Waals surface area contributed by atoms with Crippen molar-refractivity contribution in [2.24, 2.45) is 5.11 Å². The molecule has 1 aliphatic rings. The van der Waals surface area contributed by atoms with E-state index >= 15 is 0 Å². The number of azide groups is 1. The molecular formula is C11H13N3OSe. The Labute approximate surface area is 101 Å². The van der Waals surface area contributed by atoms with Crippen LogP contribution in [0.25, 0.3) is 10.4 Å². The van der Waals surface area contributed by atoms with Gasteiger partial charge in [-0.05, 0) is 0 Å². The molecule has 16 heavy (non-hydrogen) atoms. The van der Waals surface area contributed by atoms with E-state index in [0.29, 0.717) is 26.4 Å². The fraction of sp³-hybridized carbons (Fsp3) is 0.455. The number of benzene rings is 1. The Bertz CT molecular complexity index is 378. The second kappa shape index (κ2) is 5.92. The van der Waals surface area contributed by atoms with E-state index in [0.717, 1.165) is 12.8 Å². The minimum atomic E-state index is -0.265. The Morgan fingerprint density at radius 1 is 1.38 bits per heavy atom. The summed E-state index contributed by atoms with van der Waals surface area (Å²) in [5.74, 6) is 0. The van der Waals surface area contributed by atoms with Crippen LogP contribution in [0.4, 0.5) is 0 Å². The molecule has 0 bridgehead atoms. The average Bonchev–Trinajstić information content (AvgIpc) is 2.33. The molecule has 0 N–H and O–H groups in total. The van der Waals surface area contributed by atoms with Crippen molar-refractivity contribution in [3.8, 4) is 0 Å². The van der Waals surface area contributed by atoms with Gasteiger partial charge >= 0.3 is 101 Å². The van der Waals surface area contributed by atoms with Crippen molar-refractivity contribution in [3.05, 3.63) is 40.8 Å². The van der Waals surface area contributed by atoms with Crippen molar-refractivity contribution in [1.29, 1.82) is 0 Å². The molecule has 5 heteroatoms. The van der Waals surface area contributed by atoms with E-state index in [9.17, 15) is 0 Å². The first kappa shape index (κ1) is 11.5. The Hall–Kier alpha value is -0.991. The van der Waals surface area contributed by atoms with Crippen molar-refractivity contribution in [2.75, 3.05) is 6.61 Å². The Morgan fingerprint density at radius 2 is 2.19 bits per heavy atom. The molecule has 0 aliphatic carbocycles. The zero-order valence-electron chi connectivity index (χ0n) is 8.82. The molecule has 1 aromatic rings. The molecule has 1 aromatic carbocycles. The van der Waals surface area contributed by atoms with Crippen LogP contribution in [-0.4, -0.2) is 27.8 Å². The van der Waals surface area contributed by atoms with Gasteiger partial charge in [0.1, 0.15) is 0 Å². The Balaban J connectivity index is 2.04. The van der Waals surface area contributed by atoms with E-state index in [1.54, 1.807) is 0 Å². The van der Waals surface area contributed by atoms with E-state index in [4.69, 9.17) is 10.3 Å². The van der Waals surface area contributed by atoms with E-state index in [1.807, 2.05) is 18.2 Å². The summed E-state index contributed by atoms with van der Waals surface area (Å²) in [6, 6.07) is 10.4. The summed E-state index contributed by atoms with van der Waals surface area (Å²) in [6.07, 6.45) is 1.90. The van der Waals surface area contributed by atoms with Crippen LogP contribution in [0.3, 0.4) is 0 Å². The molecule has 1 aliphatic heterocycles. The molecule has 2 atom stereocenters. The van der Waals surface area contributed by atoms with Gasteiger partial charge in [-0.3, -0.25) is 0 Å². The van der Waals surface area contributed by atoms with E-state index < -0.39 is 0 Å². The first-order chi connectivity index (χ1) is 7.90. The van der Waals surface area contributed by atoms with E-state index in [1.165, 1.54) is 4.46 Å². The monoisotopic (exact) mass is 283 g/mol. The van der Waals surface area contributed by atoms with Gasteiger partial charge in [-0.2, -0.15) is 0 Å². The van der Waals surface area contributed by atoms with Crippen LogP contribution in [0.1, 0.15) is 12.8 Å². The molecule has 0 aromatic heterocycles. The van der Waals surface area contributed by atoms with Crippen LogP contribution >= 0.6 is 0 Å². The molecule has 1 fully saturated rings. The molecule has 1 heterocycles. The third kappa shape index (κ3) is 3.00. The summed E-state index contributed by atoms with van der Waals surface area (Å²) in [6.45, 7) is 0.713. The molecule has 0 radical (unpaired) electrons. The van der Waals surface area contributed by atoms with Crippen molar-refractivity contribution in [2.45, 2.75) is 23.9 Å². The molecule has 2 rings (SSSR count). The molecule has 84 valence electrons. The van der Waals surface area contributed by atoms with Gasteiger partial charge in [-0.25, -0.2) is 0 Å². The first-order valence-electron chi connectivity index (χ1n) is 5.27. The third-order valence-corrected chi connectivity index (χ3v) is 5.20. The predicted molar refractivity (Wildman–Crippen MR) is 63.7 cm³/mol. The van der Waals surface area contributed by atoms with Crippen molar-refractivity contribution < 1.29 is 4.74 Å². The summed E-state index contributed by atoms with van der Waals surface area (Å²) in [4.78, 5) is 3.24. The standard InChI is InChI=1S/C11H13N3OSe/c12-14-13-11-10(7-4-8-15-11)16-9-5-2-1-3-6-9/h1-3,5-6,10-11H,4,7-8H2. The number of hydrogen-bond donors (Lipinski definition) is 0. The van der Waals surface area contributed by atoms with Crippen LogP contribution < -0.4 is 4.46 Å². The number of nitrogens with zero attached hydrogens (tertiary/aromatic N) is 3. The van der Waals surface area contributed by atoms with Crippen LogP contribution in [0, 0.1) is 0 Å². The van der Waals surface area contributed by atoms with Crippen molar-refractivity contribution >= 4 is 19.4 Å². The summed E-state index contributed by atoms with van der Waals surface area (Å²) in [5.41, 5.74) is 8.49. The molecule has 0 amide bonds. The molecule has 0 spiro atoms. The van der Waals surface area contributed by atoms with Crippen LogP contribution in [-0.2, 0) is 4.74 Å². The van der Waals surface area contributed by atoms with Gasteiger partial charge in [0, 0.05) is 0 Å². The van der Waals surface area contributed by atoms with Gasteiger partial charge in [0.15, 0.2) is 0 Å². The summed E-state index contributed by atoms with van der Waals surface area (Å²) in [7, 11) is 0. The first-order valence-corrected chi connectivity index (χ1v) is 7.12.